The van der Waals surface area contributed by atoms with Gasteiger partial charge < -0.3 is 0 Å². The van der Waals surface area contributed by atoms with E-state index in [1.165, 1.54) is 30.6 Å². The van der Waals surface area contributed by atoms with Crippen LogP contribution in [-0.4, -0.2) is 24.0 Å². The van der Waals surface area contributed by atoms with Crippen LogP contribution in [0, 0.1) is 12.8 Å². The average Bonchev–Trinajstić information content (AvgIpc) is 2.87. The van der Waals surface area contributed by atoms with E-state index in [1.807, 2.05) is 0 Å². The molecule has 3 rings (SSSR count). The molecule has 1 heteroatoms. The van der Waals surface area contributed by atoms with Gasteiger partial charge in [-0.1, -0.05) is 42.8 Å². The Morgan fingerprint density at radius 2 is 2.25 bits per heavy atom. The van der Waals surface area contributed by atoms with Crippen LogP contribution in [-0.2, 0) is 0 Å². The molecular formula is C15H19N. The van der Waals surface area contributed by atoms with Crippen LogP contribution in [0.25, 0.3) is 5.57 Å². The quantitative estimate of drug-likeness (QED) is 0.729. The van der Waals surface area contributed by atoms with Crippen LogP contribution in [0.3, 0.4) is 0 Å². The van der Waals surface area contributed by atoms with Crippen LogP contribution in [0.15, 0.2) is 30.3 Å². The summed E-state index contributed by atoms with van der Waals surface area (Å²) in [5.74, 6) is 0.784. The molecule has 2 bridgehead atoms. The molecule has 1 aromatic rings. The molecule has 0 amide bonds. The van der Waals surface area contributed by atoms with E-state index in [2.05, 4.69) is 49.1 Å². The number of nitrogens with zero attached hydrogens (tertiary/aromatic N) is 1. The van der Waals surface area contributed by atoms with E-state index in [1.54, 1.807) is 5.57 Å². The third-order valence-corrected chi connectivity index (χ3v) is 4.02. The average molecular weight is 213 g/mol. The van der Waals surface area contributed by atoms with Gasteiger partial charge in [-0.3, -0.25) is 4.90 Å². The van der Waals surface area contributed by atoms with Crippen LogP contribution < -0.4 is 0 Å². The Balaban J connectivity index is 1.91. The number of fused-ring (bicyclic) bond motifs is 2. The summed E-state index contributed by atoms with van der Waals surface area (Å²) < 4.78 is 0. The van der Waals surface area contributed by atoms with Crippen LogP contribution in [0.1, 0.15) is 24.5 Å². The summed E-state index contributed by atoms with van der Waals surface area (Å²) in [5.41, 5.74) is 4.41. The molecule has 0 saturated carbocycles. The van der Waals surface area contributed by atoms with Gasteiger partial charge in [0.25, 0.3) is 0 Å². The molecule has 16 heavy (non-hydrogen) atoms. The van der Waals surface area contributed by atoms with E-state index in [-0.39, 0.29) is 0 Å². The monoisotopic (exact) mass is 213 g/mol. The molecule has 0 radical (unpaired) electrons. The fourth-order valence-corrected chi connectivity index (χ4v) is 3.20. The Bertz CT molecular complexity index is 433. The van der Waals surface area contributed by atoms with Gasteiger partial charge in [-0.15, -0.1) is 0 Å². The zero-order chi connectivity index (χ0) is 11.1. The van der Waals surface area contributed by atoms with Gasteiger partial charge in [0.05, 0.1) is 0 Å². The van der Waals surface area contributed by atoms with Gasteiger partial charge in [0.2, 0.25) is 0 Å². The van der Waals surface area contributed by atoms with Gasteiger partial charge >= 0.3 is 0 Å². The highest BCUT2D eigenvalue weighted by molar-refractivity contribution is 5.72. The number of likely N-dealkylation sites (tertiary alicyclic amines) is 1. The van der Waals surface area contributed by atoms with E-state index in [9.17, 15) is 0 Å². The van der Waals surface area contributed by atoms with Crippen molar-refractivity contribution in [3.8, 4) is 0 Å². The molecule has 0 spiro atoms. The molecule has 1 aliphatic heterocycles. The number of benzene rings is 1. The minimum atomic E-state index is 0.713. The Labute approximate surface area is 97.8 Å². The molecule has 1 aromatic carbocycles. The van der Waals surface area contributed by atoms with Crippen molar-refractivity contribution in [2.24, 2.45) is 5.92 Å². The summed E-state index contributed by atoms with van der Waals surface area (Å²) in [5, 5.41) is 0. The molecule has 1 heterocycles. The SMILES string of the molecule is CCN1CC2CC1C=C2c1cccc(C)c1. The van der Waals surface area contributed by atoms with Crippen molar-refractivity contribution in [2.45, 2.75) is 26.3 Å². The van der Waals surface area contributed by atoms with Gasteiger partial charge in [-0.25, -0.2) is 0 Å². The Hall–Kier alpha value is -1.08. The van der Waals surface area contributed by atoms with Crippen molar-refractivity contribution in [3.05, 3.63) is 41.5 Å². The maximum Gasteiger partial charge on any atom is 0.0290 e. The van der Waals surface area contributed by atoms with Crippen LogP contribution in [0.4, 0.5) is 0 Å². The summed E-state index contributed by atoms with van der Waals surface area (Å²) in [6.45, 7) is 6.90. The first-order valence-corrected chi connectivity index (χ1v) is 6.30. The largest absolute Gasteiger partial charge is 0.297 e. The Morgan fingerprint density at radius 1 is 1.38 bits per heavy atom. The van der Waals surface area contributed by atoms with Crippen molar-refractivity contribution >= 4 is 5.57 Å². The number of aryl methyl sites for hydroxylation is 1. The molecular weight excluding hydrogens is 194 g/mol. The maximum absolute atomic E-state index is 2.59. The molecule has 1 nitrogen and oxygen atoms in total. The van der Waals surface area contributed by atoms with Crippen molar-refractivity contribution in [3.63, 3.8) is 0 Å². The summed E-state index contributed by atoms with van der Waals surface area (Å²) in [6, 6.07) is 9.65. The molecule has 84 valence electrons. The van der Waals surface area contributed by atoms with Crippen molar-refractivity contribution in [1.29, 1.82) is 0 Å². The van der Waals surface area contributed by atoms with Gasteiger partial charge in [-0.2, -0.15) is 0 Å². The fourth-order valence-electron chi connectivity index (χ4n) is 3.20. The second kappa shape index (κ2) is 3.74. The lowest BCUT2D eigenvalue weighted by Gasteiger charge is -2.24. The highest BCUT2D eigenvalue weighted by atomic mass is 15.2. The zero-order valence-electron chi connectivity index (χ0n) is 10.1. The predicted octanol–water partition coefficient (Wildman–Crippen LogP) is 3.10. The van der Waals surface area contributed by atoms with E-state index in [0.717, 1.165) is 5.92 Å². The molecule has 0 N–H and O–H groups in total. The minimum Gasteiger partial charge on any atom is -0.297 e. The third kappa shape index (κ3) is 1.51. The highest BCUT2D eigenvalue weighted by Gasteiger charge is 2.37. The lowest BCUT2D eigenvalue weighted by atomic mass is 9.94. The topological polar surface area (TPSA) is 3.24 Å². The molecule has 2 aliphatic rings. The van der Waals surface area contributed by atoms with Crippen LogP contribution >= 0.6 is 0 Å². The number of hydrogen-bond acceptors (Lipinski definition) is 1. The second-order valence-corrected chi connectivity index (χ2v) is 5.08. The Morgan fingerprint density at radius 3 is 2.88 bits per heavy atom. The number of likely N-dealkylation sites (N-methyl/N-ethyl adjacent to an activating group) is 1. The lowest BCUT2D eigenvalue weighted by molar-refractivity contribution is 0.297. The van der Waals surface area contributed by atoms with E-state index >= 15 is 0 Å². The zero-order valence-corrected chi connectivity index (χ0v) is 10.1. The highest BCUT2D eigenvalue weighted by Crippen LogP contribution is 2.42. The normalized spacial score (nSPS) is 28.5. The number of rotatable bonds is 2. The van der Waals surface area contributed by atoms with Gasteiger partial charge in [0, 0.05) is 12.6 Å². The van der Waals surface area contributed by atoms with E-state index in [0.29, 0.717) is 6.04 Å². The van der Waals surface area contributed by atoms with Crippen molar-refractivity contribution in [1.82, 2.24) is 4.90 Å². The first-order chi connectivity index (χ1) is 7.78. The smallest absolute Gasteiger partial charge is 0.0290 e. The van der Waals surface area contributed by atoms with Crippen molar-refractivity contribution < 1.29 is 0 Å². The summed E-state index contributed by atoms with van der Waals surface area (Å²) >= 11 is 0. The number of hydrogen-bond donors (Lipinski definition) is 0. The van der Waals surface area contributed by atoms with Crippen LogP contribution in [0.5, 0.6) is 0 Å². The summed E-state index contributed by atoms with van der Waals surface area (Å²) in [6.07, 6.45) is 3.84. The van der Waals surface area contributed by atoms with Gasteiger partial charge in [0.15, 0.2) is 0 Å². The Kier molecular flexibility index (Phi) is 2.36. The molecule has 1 saturated heterocycles. The molecule has 2 unspecified atom stereocenters. The molecule has 2 atom stereocenters. The minimum absolute atomic E-state index is 0.713. The summed E-state index contributed by atoms with van der Waals surface area (Å²) in [4.78, 5) is 2.59. The lowest BCUT2D eigenvalue weighted by Crippen LogP contribution is -2.30. The molecule has 0 aromatic heterocycles. The first kappa shape index (κ1) is 10.1. The second-order valence-electron chi connectivity index (χ2n) is 5.08. The third-order valence-electron chi connectivity index (χ3n) is 4.02. The first-order valence-electron chi connectivity index (χ1n) is 6.30. The van der Waals surface area contributed by atoms with Crippen LogP contribution in [0.2, 0.25) is 0 Å². The molecule has 1 fully saturated rings. The summed E-state index contributed by atoms with van der Waals surface area (Å²) in [7, 11) is 0. The van der Waals surface area contributed by atoms with Crippen molar-refractivity contribution in [2.75, 3.05) is 13.1 Å². The van der Waals surface area contributed by atoms with Gasteiger partial charge in [-0.05, 0) is 36.9 Å². The molecule has 1 aliphatic carbocycles. The standard InChI is InChI=1S/C15H19N/c1-3-16-10-13-8-14(16)9-15(13)12-6-4-5-11(2)7-12/h4-7,9,13-14H,3,8,10H2,1-2H3. The van der Waals surface area contributed by atoms with E-state index < -0.39 is 0 Å². The van der Waals surface area contributed by atoms with E-state index in [4.69, 9.17) is 0 Å². The maximum atomic E-state index is 2.59. The van der Waals surface area contributed by atoms with Gasteiger partial charge in [0.1, 0.15) is 0 Å². The fraction of sp³-hybridized carbons (Fsp3) is 0.467. The predicted molar refractivity (Wildman–Crippen MR) is 68.3 cm³/mol.